The van der Waals surface area contributed by atoms with Crippen molar-refractivity contribution in [2.45, 2.75) is 12.8 Å². The molecule has 4 N–H and O–H groups in total. The molecule has 7 nitrogen and oxygen atoms in total. The van der Waals surface area contributed by atoms with Crippen LogP contribution in [0, 0.1) is 0 Å². The first kappa shape index (κ1) is 13.4. The van der Waals surface area contributed by atoms with Crippen LogP contribution >= 0.6 is 0 Å². The van der Waals surface area contributed by atoms with E-state index >= 15 is 0 Å². The zero-order valence-electron chi connectivity index (χ0n) is 10.2. The van der Waals surface area contributed by atoms with Crippen LogP contribution < -0.4 is 10.6 Å². The monoisotopic (exact) mass is 272 g/mol. The van der Waals surface area contributed by atoms with E-state index in [-0.39, 0.29) is 5.82 Å². The average Bonchev–Trinajstić information content (AvgIpc) is 2.85. The number of hydrogen-bond acceptors (Lipinski definition) is 6. The fraction of sp³-hybridized carbons (Fsp3) is 0.500. The van der Waals surface area contributed by atoms with Crippen LogP contribution in [-0.4, -0.2) is 50.7 Å². The number of aromatic amines is 1. The van der Waals surface area contributed by atoms with E-state index < -0.39 is 19.1 Å². The molecule has 0 aromatic carbocycles. The summed E-state index contributed by atoms with van der Waals surface area (Å²) in [6.07, 6.45) is 1.41. The van der Waals surface area contributed by atoms with Crippen molar-refractivity contribution < 1.29 is 13.9 Å². The van der Waals surface area contributed by atoms with Gasteiger partial charge in [0.05, 0.1) is 12.9 Å². The Kier molecular flexibility index (Phi) is 3.74. The van der Waals surface area contributed by atoms with E-state index in [1.54, 1.807) is 0 Å². The molecule has 19 heavy (non-hydrogen) atoms. The highest BCUT2D eigenvalue weighted by Gasteiger charge is 2.28. The molecule has 0 saturated carbocycles. The average molecular weight is 272 g/mol. The van der Waals surface area contributed by atoms with Crippen LogP contribution in [0.5, 0.6) is 0 Å². The Bertz CT molecular complexity index is 558. The molecule has 0 bridgehead atoms. The number of H-pyrrole nitrogens is 1. The summed E-state index contributed by atoms with van der Waals surface area (Å²) >= 11 is 0. The van der Waals surface area contributed by atoms with Gasteiger partial charge < -0.3 is 20.7 Å². The van der Waals surface area contributed by atoms with Gasteiger partial charge in [-0.15, -0.1) is 0 Å². The van der Waals surface area contributed by atoms with Gasteiger partial charge in [0.15, 0.2) is 11.5 Å². The summed E-state index contributed by atoms with van der Waals surface area (Å²) in [7, 11) is 0. The molecule has 104 valence electrons. The number of hydrogen-bond donors (Lipinski definition) is 4. The summed E-state index contributed by atoms with van der Waals surface area (Å²) in [5, 5.41) is 13.9. The molecule has 2 aromatic rings. The first-order valence-electron chi connectivity index (χ1n) is 5.73. The molecule has 0 aliphatic carbocycles. The lowest BCUT2D eigenvalue weighted by molar-refractivity contribution is -0.0373. The van der Waals surface area contributed by atoms with Gasteiger partial charge in [-0.3, -0.25) is 0 Å². The highest BCUT2D eigenvalue weighted by molar-refractivity contribution is 5.83. The molecule has 2 heterocycles. The topological polar surface area (TPSA) is 98.8 Å². The van der Waals surface area contributed by atoms with Crippen molar-refractivity contribution >= 4 is 22.9 Å². The minimum atomic E-state index is -3.21. The SMILES string of the molecule is CCNc1nc(NCC(F)(F)CO)c2[nH]cnc2n1. The van der Waals surface area contributed by atoms with Gasteiger partial charge in [-0.25, -0.2) is 13.8 Å². The van der Waals surface area contributed by atoms with Gasteiger partial charge in [-0.2, -0.15) is 9.97 Å². The van der Waals surface area contributed by atoms with Crippen molar-refractivity contribution in [3.8, 4) is 0 Å². The Morgan fingerprint density at radius 3 is 2.84 bits per heavy atom. The minimum absolute atomic E-state index is 0.214. The van der Waals surface area contributed by atoms with Crippen molar-refractivity contribution in [3.05, 3.63) is 6.33 Å². The second kappa shape index (κ2) is 5.31. The Morgan fingerprint density at radius 2 is 2.16 bits per heavy atom. The van der Waals surface area contributed by atoms with E-state index in [1.165, 1.54) is 6.33 Å². The third-order valence-corrected chi connectivity index (χ3v) is 2.37. The lowest BCUT2D eigenvalue weighted by Gasteiger charge is -2.15. The quantitative estimate of drug-likeness (QED) is 0.621. The molecule has 2 rings (SSSR count). The highest BCUT2D eigenvalue weighted by Crippen LogP contribution is 2.20. The van der Waals surface area contributed by atoms with Gasteiger partial charge in [-0.05, 0) is 6.92 Å². The van der Waals surface area contributed by atoms with E-state index in [4.69, 9.17) is 5.11 Å². The predicted molar refractivity (Wildman–Crippen MR) is 66.4 cm³/mol. The fourth-order valence-electron chi connectivity index (χ4n) is 1.47. The van der Waals surface area contributed by atoms with Crippen LogP contribution in [0.25, 0.3) is 11.2 Å². The largest absolute Gasteiger partial charge is 0.390 e. The molecule has 0 spiro atoms. The molecule has 0 aliphatic heterocycles. The summed E-state index contributed by atoms with van der Waals surface area (Å²) in [5.74, 6) is -2.70. The predicted octanol–water partition coefficient (Wildman–Crippen LogP) is 0.824. The van der Waals surface area contributed by atoms with Crippen LogP contribution in [0.2, 0.25) is 0 Å². The molecule has 0 atom stereocenters. The van der Waals surface area contributed by atoms with Crippen molar-refractivity contribution in [1.29, 1.82) is 0 Å². The van der Waals surface area contributed by atoms with Crippen LogP contribution in [0.3, 0.4) is 0 Å². The fourth-order valence-corrected chi connectivity index (χ4v) is 1.47. The number of aliphatic hydroxyl groups excluding tert-OH is 1. The van der Waals surface area contributed by atoms with Crippen molar-refractivity contribution in [2.24, 2.45) is 0 Å². The number of aromatic nitrogens is 4. The van der Waals surface area contributed by atoms with Gasteiger partial charge in [0.1, 0.15) is 12.1 Å². The molecule has 0 saturated heterocycles. The minimum Gasteiger partial charge on any atom is -0.390 e. The van der Waals surface area contributed by atoms with Gasteiger partial charge >= 0.3 is 0 Å². The first-order chi connectivity index (χ1) is 9.05. The molecule has 0 aliphatic rings. The molecule has 0 fully saturated rings. The van der Waals surface area contributed by atoms with Crippen molar-refractivity contribution in [2.75, 3.05) is 30.3 Å². The number of fused-ring (bicyclic) bond motifs is 1. The maximum absolute atomic E-state index is 13.0. The van der Waals surface area contributed by atoms with Crippen LogP contribution in [0.4, 0.5) is 20.5 Å². The standard InChI is InChI=1S/C10H14F2N6O/c1-2-13-9-17-7(14-3-10(11,12)4-19)6-8(18-9)16-5-15-6/h5,19H,2-4H2,1H3,(H3,13,14,15,16,17,18). The zero-order chi connectivity index (χ0) is 13.9. The second-order valence-corrected chi connectivity index (χ2v) is 3.89. The summed E-state index contributed by atoms with van der Waals surface area (Å²) in [6.45, 7) is 0.519. The lowest BCUT2D eigenvalue weighted by atomic mass is 10.3. The van der Waals surface area contributed by atoms with E-state index in [0.29, 0.717) is 23.7 Å². The summed E-state index contributed by atoms with van der Waals surface area (Å²) in [4.78, 5) is 14.9. The van der Waals surface area contributed by atoms with Gasteiger partial charge in [-0.1, -0.05) is 0 Å². The van der Waals surface area contributed by atoms with Crippen LogP contribution in [0.1, 0.15) is 6.92 Å². The summed E-state index contributed by atoms with van der Waals surface area (Å²) in [6, 6.07) is 0. The molecule has 2 aromatic heterocycles. The number of nitrogens with one attached hydrogen (secondary N) is 3. The van der Waals surface area contributed by atoms with Gasteiger partial charge in [0, 0.05) is 6.54 Å². The summed E-state index contributed by atoms with van der Waals surface area (Å²) < 4.78 is 26.0. The van der Waals surface area contributed by atoms with E-state index in [2.05, 4.69) is 30.6 Å². The smallest absolute Gasteiger partial charge is 0.287 e. The number of rotatable bonds is 6. The van der Waals surface area contributed by atoms with E-state index in [0.717, 1.165) is 0 Å². The Balaban J connectivity index is 2.27. The molecular formula is C10H14F2N6O. The highest BCUT2D eigenvalue weighted by atomic mass is 19.3. The number of aliphatic hydroxyl groups is 1. The Morgan fingerprint density at radius 1 is 1.37 bits per heavy atom. The molecule has 9 heteroatoms. The first-order valence-corrected chi connectivity index (χ1v) is 5.73. The molecule has 0 unspecified atom stereocenters. The van der Waals surface area contributed by atoms with Crippen molar-refractivity contribution in [3.63, 3.8) is 0 Å². The van der Waals surface area contributed by atoms with E-state index in [9.17, 15) is 8.78 Å². The van der Waals surface area contributed by atoms with Crippen molar-refractivity contribution in [1.82, 2.24) is 19.9 Å². The Labute approximate surface area is 107 Å². The Hall–Kier alpha value is -2.03. The summed E-state index contributed by atoms with van der Waals surface area (Å²) in [5.41, 5.74) is 0.816. The third kappa shape index (κ3) is 3.05. The third-order valence-electron chi connectivity index (χ3n) is 2.37. The van der Waals surface area contributed by atoms with Gasteiger partial charge in [0.25, 0.3) is 5.92 Å². The maximum atomic E-state index is 13.0. The second-order valence-electron chi connectivity index (χ2n) is 3.89. The zero-order valence-corrected chi connectivity index (χ0v) is 10.2. The number of anilines is 2. The normalized spacial score (nSPS) is 11.8. The number of alkyl halides is 2. The maximum Gasteiger partial charge on any atom is 0.287 e. The number of nitrogens with zero attached hydrogens (tertiary/aromatic N) is 3. The number of imidazole rings is 1. The van der Waals surface area contributed by atoms with Gasteiger partial charge in [0.2, 0.25) is 5.95 Å². The lowest BCUT2D eigenvalue weighted by Crippen LogP contribution is -2.31. The molecule has 0 radical (unpaired) electrons. The molecule has 0 amide bonds. The number of halogens is 2. The van der Waals surface area contributed by atoms with Crippen LogP contribution in [-0.2, 0) is 0 Å². The van der Waals surface area contributed by atoms with Crippen LogP contribution in [0.15, 0.2) is 6.33 Å². The molecular weight excluding hydrogens is 258 g/mol. The van der Waals surface area contributed by atoms with E-state index in [1.807, 2.05) is 6.92 Å².